The standard InChI is InChI=1S/C21H22BrNO5/c1-12-17(20(24)26-3)19(15-8-4-5-9-16(15)22)18(13(2)23-12)21(25)28-11-14-7-6-10-27-14/h4-5,8-9,14H,6-7,10-11H2,1-3H3. The summed E-state index contributed by atoms with van der Waals surface area (Å²) in [6, 6.07) is 7.39. The van der Waals surface area contributed by atoms with Gasteiger partial charge < -0.3 is 14.2 Å². The van der Waals surface area contributed by atoms with E-state index in [0.717, 1.165) is 17.3 Å². The number of carbonyl (C=O) groups excluding carboxylic acids is 2. The fourth-order valence-electron chi connectivity index (χ4n) is 3.40. The average Bonchev–Trinajstić information content (AvgIpc) is 3.19. The molecule has 6 nitrogen and oxygen atoms in total. The summed E-state index contributed by atoms with van der Waals surface area (Å²) < 4.78 is 16.8. The molecule has 2 aromatic rings. The van der Waals surface area contributed by atoms with E-state index >= 15 is 0 Å². The molecule has 0 bridgehead atoms. The van der Waals surface area contributed by atoms with Gasteiger partial charge >= 0.3 is 11.9 Å². The van der Waals surface area contributed by atoms with E-state index in [4.69, 9.17) is 14.2 Å². The molecule has 1 unspecified atom stereocenters. The molecule has 1 saturated heterocycles. The first-order valence-electron chi connectivity index (χ1n) is 9.07. The molecule has 0 aliphatic carbocycles. The monoisotopic (exact) mass is 447 g/mol. The van der Waals surface area contributed by atoms with Gasteiger partial charge in [-0.25, -0.2) is 9.59 Å². The molecule has 0 amide bonds. The Morgan fingerprint density at radius 2 is 1.86 bits per heavy atom. The van der Waals surface area contributed by atoms with Crippen LogP contribution in [0.5, 0.6) is 0 Å². The second kappa shape index (κ2) is 8.84. The third-order valence-corrected chi connectivity index (χ3v) is 5.41. The van der Waals surface area contributed by atoms with Gasteiger partial charge in [-0.15, -0.1) is 0 Å². The van der Waals surface area contributed by atoms with Crippen molar-refractivity contribution >= 4 is 27.9 Å². The summed E-state index contributed by atoms with van der Waals surface area (Å²) in [5, 5.41) is 0. The van der Waals surface area contributed by atoms with Gasteiger partial charge in [0.25, 0.3) is 0 Å². The van der Waals surface area contributed by atoms with Crippen LogP contribution < -0.4 is 0 Å². The molecule has 1 fully saturated rings. The van der Waals surface area contributed by atoms with Crippen molar-refractivity contribution in [2.24, 2.45) is 0 Å². The van der Waals surface area contributed by atoms with Crippen molar-refractivity contribution in [1.82, 2.24) is 4.98 Å². The molecular formula is C21H22BrNO5. The second-order valence-electron chi connectivity index (χ2n) is 6.61. The Labute approximate surface area is 172 Å². The Kier molecular flexibility index (Phi) is 6.46. The van der Waals surface area contributed by atoms with Gasteiger partial charge in [0, 0.05) is 16.6 Å². The lowest BCUT2D eigenvalue weighted by atomic mass is 9.92. The number of nitrogens with zero attached hydrogens (tertiary/aromatic N) is 1. The van der Waals surface area contributed by atoms with Crippen LogP contribution >= 0.6 is 15.9 Å². The summed E-state index contributed by atoms with van der Waals surface area (Å²) in [4.78, 5) is 30.0. The van der Waals surface area contributed by atoms with Crippen molar-refractivity contribution in [2.45, 2.75) is 32.8 Å². The molecule has 2 heterocycles. The minimum Gasteiger partial charge on any atom is -0.465 e. The minimum absolute atomic E-state index is 0.0883. The Morgan fingerprint density at radius 1 is 1.18 bits per heavy atom. The number of methoxy groups -OCH3 is 1. The van der Waals surface area contributed by atoms with Gasteiger partial charge in [-0.2, -0.15) is 0 Å². The molecule has 1 aromatic heterocycles. The van der Waals surface area contributed by atoms with Crippen LogP contribution in [0.2, 0.25) is 0 Å². The minimum atomic E-state index is -0.552. The number of hydrogen-bond donors (Lipinski definition) is 0. The molecule has 28 heavy (non-hydrogen) atoms. The Balaban J connectivity index is 2.13. The van der Waals surface area contributed by atoms with Crippen molar-refractivity contribution in [1.29, 1.82) is 0 Å². The Morgan fingerprint density at radius 3 is 2.46 bits per heavy atom. The van der Waals surface area contributed by atoms with Crippen LogP contribution in [-0.4, -0.2) is 43.4 Å². The van der Waals surface area contributed by atoms with E-state index in [-0.39, 0.29) is 23.8 Å². The first kappa shape index (κ1) is 20.5. The van der Waals surface area contributed by atoms with Gasteiger partial charge in [-0.1, -0.05) is 34.1 Å². The van der Waals surface area contributed by atoms with Gasteiger partial charge in [0.15, 0.2) is 0 Å². The highest BCUT2D eigenvalue weighted by atomic mass is 79.9. The van der Waals surface area contributed by atoms with E-state index in [9.17, 15) is 9.59 Å². The molecule has 0 radical (unpaired) electrons. The fourth-order valence-corrected chi connectivity index (χ4v) is 3.88. The van der Waals surface area contributed by atoms with Crippen molar-refractivity contribution in [3.8, 4) is 11.1 Å². The van der Waals surface area contributed by atoms with E-state index in [0.29, 0.717) is 29.1 Å². The van der Waals surface area contributed by atoms with Crippen LogP contribution in [-0.2, 0) is 14.2 Å². The van der Waals surface area contributed by atoms with Crippen LogP contribution in [0.1, 0.15) is 44.9 Å². The van der Waals surface area contributed by atoms with Gasteiger partial charge in [0.1, 0.15) is 6.61 Å². The van der Waals surface area contributed by atoms with Crippen molar-refractivity contribution in [2.75, 3.05) is 20.3 Å². The number of pyridine rings is 1. The number of benzene rings is 1. The molecule has 7 heteroatoms. The summed E-state index contributed by atoms with van der Waals surface area (Å²) in [6.45, 7) is 4.31. The highest BCUT2D eigenvalue weighted by molar-refractivity contribution is 9.10. The third kappa shape index (κ3) is 4.10. The van der Waals surface area contributed by atoms with Crippen LogP contribution in [0.3, 0.4) is 0 Å². The molecule has 0 spiro atoms. The number of carbonyl (C=O) groups is 2. The largest absolute Gasteiger partial charge is 0.465 e. The highest BCUT2D eigenvalue weighted by Gasteiger charge is 2.29. The number of esters is 2. The SMILES string of the molecule is COC(=O)c1c(C)nc(C)c(C(=O)OCC2CCCO2)c1-c1ccccc1Br. The number of ether oxygens (including phenoxy) is 3. The maximum absolute atomic E-state index is 13.0. The first-order chi connectivity index (χ1) is 13.4. The molecular weight excluding hydrogens is 426 g/mol. The highest BCUT2D eigenvalue weighted by Crippen LogP contribution is 2.36. The van der Waals surface area contributed by atoms with Crippen molar-refractivity contribution in [3.05, 3.63) is 51.3 Å². The molecule has 1 aliphatic rings. The van der Waals surface area contributed by atoms with Crippen LogP contribution in [0.15, 0.2) is 28.7 Å². The van der Waals surface area contributed by atoms with Gasteiger partial charge in [-0.05, 0) is 38.3 Å². The molecule has 1 aromatic carbocycles. The topological polar surface area (TPSA) is 74.7 Å². The average molecular weight is 448 g/mol. The van der Waals surface area contributed by atoms with E-state index in [1.807, 2.05) is 24.3 Å². The number of hydrogen-bond acceptors (Lipinski definition) is 6. The Bertz CT molecular complexity index is 906. The van der Waals surface area contributed by atoms with E-state index in [2.05, 4.69) is 20.9 Å². The zero-order valence-electron chi connectivity index (χ0n) is 16.1. The summed E-state index contributed by atoms with van der Waals surface area (Å²) in [5.41, 5.74) is 2.65. The lowest BCUT2D eigenvalue weighted by molar-refractivity contribution is 0.0161. The van der Waals surface area contributed by atoms with Gasteiger partial charge in [0.05, 0.1) is 35.7 Å². The number of halogens is 1. The first-order valence-corrected chi connectivity index (χ1v) is 9.86. The second-order valence-corrected chi connectivity index (χ2v) is 7.47. The number of aromatic nitrogens is 1. The quantitative estimate of drug-likeness (QED) is 0.637. The fraction of sp³-hybridized carbons (Fsp3) is 0.381. The zero-order valence-corrected chi connectivity index (χ0v) is 17.7. The maximum atomic E-state index is 13.0. The number of rotatable bonds is 5. The Hall–Kier alpha value is -2.25. The normalized spacial score (nSPS) is 16.1. The number of aryl methyl sites for hydroxylation is 2. The summed E-state index contributed by atoms with van der Waals surface area (Å²) in [7, 11) is 1.31. The van der Waals surface area contributed by atoms with Crippen LogP contribution in [0, 0.1) is 13.8 Å². The molecule has 0 N–H and O–H groups in total. The van der Waals surface area contributed by atoms with Crippen molar-refractivity contribution < 1.29 is 23.8 Å². The summed E-state index contributed by atoms with van der Waals surface area (Å²) in [6.07, 6.45) is 1.74. The summed E-state index contributed by atoms with van der Waals surface area (Å²) in [5.74, 6) is -1.08. The maximum Gasteiger partial charge on any atom is 0.340 e. The van der Waals surface area contributed by atoms with Gasteiger partial charge in [0.2, 0.25) is 0 Å². The smallest absolute Gasteiger partial charge is 0.340 e. The van der Waals surface area contributed by atoms with E-state index in [1.165, 1.54) is 7.11 Å². The lowest BCUT2D eigenvalue weighted by Crippen LogP contribution is -2.21. The predicted molar refractivity (Wildman–Crippen MR) is 107 cm³/mol. The van der Waals surface area contributed by atoms with E-state index in [1.54, 1.807) is 13.8 Å². The lowest BCUT2D eigenvalue weighted by Gasteiger charge is -2.19. The van der Waals surface area contributed by atoms with Crippen molar-refractivity contribution in [3.63, 3.8) is 0 Å². The zero-order chi connectivity index (χ0) is 20.3. The van der Waals surface area contributed by atoms with Crippen LogP contribution in [0.4, 0.5) is 0 Å². The molecule has 1 atom stereocenters. The molecule has 0 saturated carbocycles. The van der Waals surface area contributed by atoms with Crippen LogP contribution in [0.25, 0.3) is 11.1 Å². The summed E-state index contributed by atoms with van der Waals surface area (Å²) >= 11 is 3.52. The molecule has 1 aliphatic heterocycles. The van der Waals surface area contributed by atoms with Gasteiger partial charge in [-0.3, -0.25) is 4.98 Å². The third-order valence-electron chi connectivity index (χ3n) is 4.72. The molecule has 148 valence electrons. The van der Waals surface area contributed by atoms with E-state index < -0.39 is 11.9 Å². The predicted octanol–water partition coefficient (Wildman–Crippen LogP) is 4.25. The molecule has 3 rings (SSSR count).